The number of hydrogen-bond donors (Lipinski definition) is 1. The second-order valence-electron chi connectivity index (χ2n) is 2.63. The third-order valence-corrected chi connectivity index (χ3v) is 14.8. The van der Waals surface area contributed by atoms with Gasteiger partial charge in [0, 0.05) is 0 Å². The Balaban J connectivity index is 3.50. The fourth-order valence-corrected chi connectivity index (χ4v) is 11.5. The molecule has 0 bridgehead atoms. The van der Waals surface area contributed by atoms with Crippen LogP contribution in [0.25, 0.3) is 0 Å². The summed E-state index contributed by atoms with van der Waals surface area (Å²) in [4.78, 5) is 0. The summed E-state index contributed by atoms with van der Waals surface area (Å²) in [6.07, 6.45) is 3.54. The Morgan fingerprint density at radius 1 is 1.60 bits per heavy atom. The van der Waals surface area contributed by atoms with Crippen molar-refractivity contribution >= 4 is 31.5 Å². The number of nitrogens with two attached hydrogens (primary N) is 1. The van der Waals surface area contributed by atoms with Crippen molar-refractivity contribution in [3.63, 3.8) is 0 Å². The van der Waals surface area contributed by atoms with Crippen LogP contribution in [0.5, 0.6) is 0 Å². The third-order valence-electron chi connectivity index (χ3n) is 1.54. The molecule has 0 amide bonds. The van der Waals surface area contributed by atoms with Crippen molar-refractivity contribution in [2.75, 3.05) is 10.0 Å². The minimum atomic E-state index is -1.10. The Morgan fingerprint density at radius 3 is 2.50 bits per heavy atom. The van der Waals surface area contributed by atoms with Gasteiger partial charge in [-0.3, -0.25) is 0 Å². The fraction of sp³-hybridized carbons (Fsp3) is 1.00. The summed E-state index contributed by atoms with van der Waals surface area (Å²) in [7, 11) is 0. The second kappa shape index (κ2) is 6.80. The van der Waals surface area contributed by atoms with Gasteiger partial charge in [-0.25, -0.2) is 0 Å². The molecule has 0 saturated heterocycles. The van der Waals surface area contributed by atoms with Crippen molar-refractivity contribution in [1.29, 1.82) is 0 Å². The van der Waals surface area contributed by atoms with Crippen LogP contribution in [0.3, 0.4) is 0 Å². The van der Waals surface area contributed by atoms with Crippen molar-refractivity contribution in [2.24, 2.45) is 5.73 Å². The fourth-order valence-electron chi connectivity index (χ4n) is 0.938. The topological polar surface area (TPSA) is 26.0 Å². The predicted octanol–water partition coefficient (Wildman–Crippen LogP) is 1.68. The van der Waals surface area contributed by atoms with E-state index in [1.165, 1.54) is 14.6 Å². The molecular formula is C7H18NSSn+. The molecule has 0 aliphatic rings. The van der Waals surface area contributed by atoms with E-state index < -0.39 is 19.8 Å². The van der Waals surface area contributed by atoms with Crippen LogP contribution in [0, 0.1) is 0 Å². The van der Waals surface area contributed by atoms with Gasteiger partial charge in [-0.05, 0) is 0 Å². The van der Waals surface area contributed by atoms with E-state index in [9.17, 15) is 0 Å². The Bertz CT molecular complexity index is 72.0. The van der Waals surface area contributed by atoms with Crippen LogP contribution in [0.2, 0.25) is 4.44 Å². The number of rotatable bonds is 5. The average Bonchev–Trinajstić information content (AvgIpc) is 1.87. The van der Waals surface area contributed by atoms with Crippen LogP contribution in [0.1, 0.15) is 20.3 Å². The van der Waals surface area contributed by atoms with E-state index in [2.05, 4.69) is 20.1 Å². The summed E-state index contributed by atoms with van der Waals surface area (Å²) < 4.78 is 3.45. The molecule has 10 heavy (non-hydrogen) atoms. The molecule has 0 fully saturated rings. The normalized spacial score (nSPS) is 13.2. The van der Waals surface area contributed by atoms with Crippen molar-refractivity contribution in [2.45, 2.75) is 28.8 Å². The van der Waals surface area contributed by atoms with Gasteiger partial charge in [0.05, 0.1) is 0 Å². The van der Waals surface area contributed by atoms with Crippen molar-refractivity contribution in [1.82, 2.24) is 0 Å². The predicted molar refractivity (Wildman–Crippen MR) is 52.9 cm³/mol. The summed E-state index contributed by atoms with van der Waals surface area (Å²) in [6, 6.07) is 0. The molecule has 3 heteroatoms. The first-order valence-corrected chi connectivity index (χ1v) is 10.9. The quantitative estimate of drug-likeness (QED) is 0.767. The van der Waals surface area contributed by atoms with Crippen molar-refractivity contribution in [3.05, 3.63) is 0 Å². The summed E-state index contributed by atoms with van der Waals surface area (Å²) in [5.74, 6) is 0. The average molecular weight is 267 g/mol. The molecule has 0 aromatic heterocycles. The second-order valence-corrected chi connectivity index (χ2v) is 13.8. The Labute approximate surface area is 75.9 Å². The molecule has 1 nitrogen and oxygen atoms in total. The van der Waals surface area contributed by atoms with E-state index in [4.69, 9.17) is 5.73 Å². The van der Waals surface area contributed by atoms with Crippen LogP contribution >= 0.6 is 11.8 Å². The van der Waals surface area contributed by atoms with Gasteiger partial charge in [0.2, 0.25) is 0 Å². The number of thioether (sulfide) groups is 1. The zero-order valence-corrected chi connectivity index (χ0v) is 10.9. The first-order valence-electron chi connectivity index (χ1n) is 3.81. The van der Waals surface area contributed by atoms with E-state index in [-0.39, 0.29) is 0 Å². The van der Waals surface area contributed by atoms with Gasteiger partial charge in [-0.15, -0.1) is 0 Å². The van der Waals surface area contributed by atoms with Crippen LogP contribution in [-0.4, -0.2) is 33.8 Å². The van der Waals surface area contributed by atoms with E-state index >= 15 is 0 Å². The van der Waals surface area contributed by atoms with Gasteiger partial charge in [0.1, 0.15) is 0 Å². The van der Waals surface area contributed by atoms with Crippen LogP contribution < -0.4 is 5.73 Å². The van der Waals surface area contributed by atoms with Crippen molar-refractivity contribution in [3.8, 4) is 0 Å². The van der Waals surface area contributed by atoms with Gasteiger partial charge in [0.25, 0.3) is 0 Å². The first-order chi connectivity index (χ1) is 4.72. The van der Waals surface area contributed by atoms with Gasteiger partial charge >= 0.3 is 76.0 Å². The first kappa shape index (κ1) is 11.1. The van der Waals surface area contributed by atoms with Gasteiger partial charge < -0.3 is 0 Å². The Hall–Kier alpha value is 1.11. The molecule has 0 saturated carbocycles. The SMILES string of the molecule is CC[CH2][Sn+]([CH2]SC)[CH](C)N. The van der Waals surface area contributed by atoms with E-state index in [1.54, 1.807) is 0 Å². The summed E-state index contributed by atoms with van der Waals surface area (Å²) >= 11 is 0.883. The molecule has 0 heterocycles. The third kappa shape index (κ3) is 4.85. The molecule has 60 valence electrons. The molecule has 1 atom stereocenters. The molecule has 0 aromatic rings. The minimum absolute atomic E-state index is 0.565. The molecule has 2 N–H and O–H groups in total. The molecule has 0 rings (SSSR count). The molecule has 0 radical (unpaired) electrons. The Morgan fingerprint density at radius 2 is 2.20 bits per heavy atom. The van der Waals surface area contributed by atoms with Gasteiger partial charge in [-0.1, -0.05) is 0 Å². The molecule has 0 aliphatic heterocycles. The monoisotopic (exact) mass is 268 g/mol. The summed E-state index contributed by atoms with van der Waals surface area (Å²) in [5.41, 5.74) is 5.88. The summed E-state index contributed by atoms with van der Waals surface area (Å²) in [6.45, 7) is 4.46. The maximum atomic E-state index is 5.88. The molecule has 1 unspecified atom stereocenters. The Kier molecular flexibility index (Phi) is 7.55. The van der Waals surface area contributed by atoms with Crippen molar-refractivity contribution < 1.29 is 0 Å². The maximum absolute atomic E-state index is 5.88. The molecular weight excluding hydrogens is 249 g/mol. The van der Waals surface area contributed by atoms with Crippen LogP contribution in [0.4, 0.5) is 0 Å². The zero-order valence-electron chi connectivity index (χ0n) is 7.18. The molecule has 0 aromatic carbocycles. The van der Waals surface area contributed by atoms with E-state index in [0.29, 0.717) is 4.06 Å². The molecule has 0 aliphatic carbocycles. The van der Waals surface area contributed by atoms with Crippen LogP contribution in [-0.2, 0) is 0 Å². The standard InChI is InChI=1S/C3H7.C2H6N.C2H5S.Sn/c1-3-2;1-2-3;1-3-2;/h1,3H2,2H3;2H,3H2,1H3;1H2,2H3;/q;;;+1. The molecule has 0 spiro atoms. The summed E-state index contributed by atoms with van der Waals surface area (Å²) in [5, 5.41) is 0. The zero-order chi connectivity index (χ0) is 7.98. The van der Waals surface area contributed by atoms with E-state index in [0.717, 1.165) is 0 Å². The van der Waals surface area contributed by atoms with Gasteiger partial charge in [-0.2, -0.15) is 0 Å². The van der Waals surface area contributed by atoms with Crippen LogP contribution in [0.15, 0.2) is 0 Å². The number of hydrogen-bond acceptors (Lipinski definition) is 2. The van der Waals surface area contributed by atoms with Gasteiger partial charge in [0.15, 0.2) is 0 Å². The van der Waals surface area contributed by atoms with E-state index in [1.807, 2.05) is 11.8 Å².